The summed E-state index contributed by atoms with van der Waals surface area (Å²) in [7, 11) is -1.45. The molecule has 0 amide bonds. The van der Waals surface area contributed by atoms with Crippen molar-refractivity contribution in [2.24, 2.45) is 0 Å². The Morgan fingerprint density at radius 2 is 1.85 bits per heavy atom. The molecule has 146 valence electrons. The van der Waals surface area contributed by atoms with Gasteiger partial charge in [0, 0.05) is 7.05 Å². The van der Waals surface area contributed by atoms with Crippen LogP contribution in [0.1, 0.15) is 15.9 Å². The lowest BCUT2D eigenvalue weighted by Gasteiger charge is -2.15. The van der Waals surface area contributed by atoms with E-state index in [2.05, 4.69) is 0 Å². The van der Waals surface area contributed by atoms with E-state index < -0.39 is 16.0 Å². The Hall–Kier alpha value is -2.13. The van der Waals surface area contributed by atoms with Crippen molar-refractivity contribution in [2.45, 2.75) is 11.8 Å². The number of nitrogens with zero attached hydrogens (tertiary/aromatic N) is 1. The van der Waals surface area contributed by atoms with E-state index >= 15 is 0 Å². The summed E-state index contributed by atoms with van der Waals surface area (Å²) >= 11 is 6.01. The molecule has 0 atom stereocenters. The lowest BCUT2D eigenvalue weighted by Crippen LogP contribution is -2.26. The fraction of sp³-hybridized carbons (Fsp3) is 0.278. The van der Waals surface area contributed by atoms with Crippen molar-refractivity contribution in [2.75, 3.05) is 27.4 Å². The van der Waals surface area contributed by atoms with E-state index in [9.17, 15) is 13.2 Å². The number of sulfonamides is 1. The quantitative estimate of drug-likeness (QED) is 0.376. The molecule has 2 aromatic carbocycles. The minimum absolute atomic E-state index is 0.0154. The molecule has 0 aromatic heterocycles. The van der Waals surface area contributed by atoms with Gasteiger partial charge in [0.05, 0.1) is 22.6 Å². The van der Waals surface area contributed by atoms with Crippen molar-refractivity contribution in [3.8, 4) is 5.75 Å². The first-order valence-corrected chi connectivity index (χ1v) is 9.77. The van der Waals surface area contributed by atoms with Gasteiger partial charge in [-0.25, -0.2) is 13.2 Å². The number of hydrogen-bond acceptors (Lipinski definition) is 6. The van der Waals surface area contributed by atoms with Crippen LogP contribution >= 0.6 is 11.6 Å². The summed E-state index contributed by atoms with van der Waals surface area (Å²) in [5, 5.41) is 0.0823. The van der Waals surface area contributed by atoms with Crippen LogP contribution in [-0.2, 0) is 19.6 Å². The van der Waals surface area contributed by atoms with Crippen LogP contribution in [0.2, 0.25) is 5.02 Å². The minimum atomic E-state index is -3.91. The van der Waals surface area contributed by atoms with Crippen LogP contribution < -0.4 is 4.74 Å². The monoisotopic (exact) mass is 413 g/mol. The summed E-state index contributed by atoms with van der Waals surface area (Å²) in [6.45, 7) is 2.04. The summed E-state index contributed by atoms with van der Waals surface area (Å²) in [5.41, 5.74) is 0.908. The molecule has 0 unspecified atom stereocenters. The van der Waals surface area contributed by atoms with E-state index in [1.54, 1.807) is 0 Å². The molecule has 27 heavy (non-hydrogen) atoms. The number of halogens is 1. The highest BCUT2D eigenvalue weighted by atomic mass is 35.5. The zero-order valence-electron chi connectivity index (χ0n) is 15.1. The van der Waals surface area contributed by atoms with Gasteiger partial charge in [-0.15, -0.1) is 0 Å². The van der Waals surface area contributed by atoms with E-state index in [0.29, 0.717) is 10.2 Å². The molecular weight excluding hydrogens is 394 g/mol. The number of para-hydroxylation sites is 1. The second-order valence-corrected chi connectivity index (χ2v) is 7.83. The first kappa shape index (κ1) is 21.2. The number of carbonyl (C=O) groups is 1. The lowest BCUT2D eigenvalue weighted by molar-refractivity contribution is -0.0258. The number of ether oxygens (including phenoxy) is 2. The maximum absolute atomic E-state index is 12.3. The number of hydroxylamine groups is 1. The first-order valence-electron chi connectivity index (χ1n) is 7.95. The molecule has 0 saturated carbocycles. The summed E-state index contributed by atoms with van der Waals surface area (Å²) in [6, 6.07) is 11.2. The molecule has 0 radical (unpaired) electrons. The van der Waals surface area contributed by atoms with Gasteiger partial charge in [0.1, 0.15) is 19.0 Å². The molecule has 0 heterocycles. The smallest absolute Gasteiger partial charge is 0.339 e. The Kier molecular flexibility index (Phi) is 7.20. The SMILES string of the molecule is CON(C)S(=O)(=O)c1ccc(Cl)c(C(=O)OCCOc2ccccc2C)c1. The molecule has 2 rings (SSSR count). The van der Waals surface area contributed by atoms with Crippen molar-refractivity contribution in [3.63, 3.8) is 0 Å². The van der Waals surface area contributed by atoms with Gasteiger partial charge in [-0.05, 0) is 36.8 Å². The predicted octanol–water partition coefficient (Wildman–Crippen LogP) is 3.07. The molecule has 7 nitrogen and oxygen atoms in total. The Bertz CT molecular complexity index is 916. The van der Waals surface area contributed by atoms with Gasteiger partial charge in [-0.3, -0.25) is 4.84 Å². The second kappa shape index (κ2) is 9.18. The third-order valence-corrected chi connectivity index (χ3v) is 5.72. The number of rotatable bonds is 8. The molecule has 0 bridgehead atoms. The summed E-state index contributed by atoms with van der Waals surface area (Å²) in [5.74, 6) is -0.0484. The maximum Gasteiger partial charge on any atom is 0.339 e. The highest BCUT2D eigenvalue weighted by Gasteiger charge is 2.23. The molecule has 0 fully saturated rings. The largest absolute Gasteiger partial charge is 0.490 e. The molecule has 0 aliphatic rings. The summed E-state index contributed by atoms with van der Waals surface area (Å²) < 4.78 is 35.9. The molecule has 0 N–H and O–H groups in total. The van der Waals surface area contributed by atoms with Crippen LogP contribution in [-0.4, -0.2) is 46.2 Å². The van der Waals surface area contributed by atoms with Crippen molar-refractivity contribution in [3.05, 3.63) is 58.6 Å². The van der Waals surface area contributed by atoms with Gasteiger partial charge >= 0.3 is 5.97 Å². The van der Waals surface area contributed by atoms with Crippen LogP contribution in [0.4, 0.5) is 0 Å². The number of aryl methyl sites for hydroxylation is 1. The zero-order valence-corrected chi connectivity index (χ0v) is 16.7. The first-order chi connectivity index (χ1) is 12.8. The number of esters is 1. The van der Waals surface area contributed by atoms with E-state index in [1.165, 1.54) is 26.3 Å². The van der Waals surface area contributed by atoms with Crippen LogP contribution in [0, 0.1) is 6.92 Å². The molecule has 0 saturated heterocycles. The molecule has 2 aromatic rings. The van der Waals surface area contributed by atoms with Crippen LogP contribution in [0.3, 0.4) is 0 Å². The van der Waals surface area contributed by atoms with Crippen LogP contribution in [0.5, 0.6) is 5.75 Å². The average Bonchev–Trinajstić information content (AvgIpc) is 2.65. The van der Waals surface area contributed by atoms with Gasteiger partial charge < -0.3 is 9.47 Å². The van der Waals surface area contributed by atoms with Crippen molar-refractivity contribution >= 4 is 27.6 Å². The third kappa shape index (κ3) is 5.20. The molecular formula is C18H20ClNO6S. The van der Waals surface area contributed by atoms with Gasteiger partial charge in [0.15, 0.2) is 0 Å². The number of carbonyl (C=O) groups excluding carboxylic acids is 1. The standard InChI is InChI=1S/C18H20ClNO6S/c1-13-6-4-5-7-17(13)25-10-11-26-18(21)15-12-14(8-9-16(15)19)27(22,23)20(2)24-3/h4-9,12H,10-11H2,1-3H3. The normalized spacial score (nSPS) is 11.4. The maximum atomic E-state index is 12.3. The Balaban J connectivity index is 2.04. The van der Waals surface area contributed by atoms with Crippen molar-refractivity contribution < 1.29 is 27.5 Å². The van der Waals surface area contributed by atoms with Gasteiger partial charge in [-0.2, -0.15) is 0 Å². The lowest BCUT2D eigenvalue weighted by atomic mass is 10.2. The molecule has 9 heteroatoms. The molecule has 0 aliphatic carbocycles. The van der Waals surface area contributed by atoms with Gasteiger partial charge in [-0.1, -0.05) is 34.3 Å². The van der Waals surface area contributed by atoms with Crippen LogP contribution in [0.25, 0.3) is 0 Å². The molecule has 0 aliphatic heterocycles. The van der Waals surface area contributed by atoms with E-state index in [0.717, 1.165) is 11.6 Å². The summed E-state index contributed by atoms with van der Waals surface area (Å²) in [4.78, 5) is 16.8. The van der Waals surface area contributed by atoms with Crippen LogP contribution in [0.15, 0.2) is 47.4 Å². The van der Waals surface area contributed by atoms with E-state index in [1.807, 2.05) is 31.2 Å². The number of benzene rings is 2. The third-order valence-electron chi connectivity index (χ3n) is 3.72. The fourth-order valence-electron chi connectivity index (χ4n) is 2.15. The van der Waals surface area contributed by atoms with Gasteiger partial charge in [0.25, 0.3) is 10.0 Å². The van der Waals surface area contributed by atoms with E-state index in [-0.39, 0.29) is 28.7 Å². The second-order valence-electron chi connectivity index (χ2n) is 5.49. The average molecular weight is 414 g/mol. The van der Waals surface area contributed by atoms with E-state index in [4.69, 9.17) is 25.9 Å². The highest BCUT2D eigenvalue weighted by Crippen LogP contribution is 2.23. The summed E-state index contributed by atoms with van der Waals surface area (Å²) in [6.07, 6.45) is 0. The Morgan fingerprint density at radius 3 is 2.52 bits per heavy atom. The highest BCUT2D eigenvalue weighted by molar-refractivity contribution is 7.89. The number of hydrogen-bond donors (Lipinski definition) is 0. The predicted molar refractivity (Wildman–Crippen MR) is 100 cm³/mol. The zero-order chi connectivity index (χ0) is 20.0. The van der Waals surface area contributed by atoms with Crippen molar-refractivity contribution in [1.82, 2.24) is 4.47 Å². The molecule has 0 spiro atoms. The topological polar surface area (TPSA) is 82.1 Å². The Labute approximate surface area is 163 Å². The Morgan fingerprint density at radius 1 is 1.15 bits per heavy atom. The minimum Gasteiger partial charge on any atom is -0.490 e. The fourth-order valence-corrected chi connectivity index (χ4v) is 3.34. The van der Waals surface area contributed by atoms with Crippen molar-refractivity contribution in [1.29, 1.82) is 0 Å². The van der Waals surface area contributed by atoms with Gasteiger partial charge in [0.2, 0.25) is 0 Å².